The molecule has 68 valence electrons. The quantitative estimate of drug-likeness (QED) is 0.756. The van der Waals surface area contributed by atoms with E-state index in [4.69, 9.17) is 4.74 Å². The summed E-state index contributed by atoms with van der Waals surface area (Å²) in [6.45, 7) is 2.04. The van der Waals surface area contributed by atoms with Gasteiger partial charge in [0.25, 0.3) is 0 Å². The fourth-order valence-electron chi connectivity index (χ4n) is 1.39. The van der Waals surface area contributed by atoms with Crippen molar-refractivity contribution in [3.8, 4) is 11.5 Å². The Labute approximate surface area is 80.4 Å². The van der Waals surface area contributed by atoms with Gasteiger partial charge in [0.05, 0.1) is 11.8 Å². The van der Waals surface area contributed by atoms with Crippen molar-refractivity contribution in [1.82, 2.24) is 0 Å². The van der Waals surface area contributed by atoms with Gasteiger partial charge in [-0.3, -0.25) is 0 Å². The Bertz CT molecular complexity index is 445. The summed E-state index contributed by atoms with van der Waals surface area (Å²) < 4.78 is 6.27. The minimum absolute atomic E-state index is 0.252. The molecule has 2 nitrogen and oxygen atoms in total. The molecule has 0 atom stereocenters. The highest BCUT2D eigenvalue weighted by Gasteiger charge is 2.06. The van der Waals surface area contributed by atoms with Crippen molar-refractivity contribution >= 4 is 21.4 Å². The second-order valence-corrected chi connectivity index (χ2v) is 4.18. The van der Waals surface area contributed by atoms with Crippen molar-refractivity contribution in [2.75, 3.05) is 7.11 Å². The molecule has 1 aromatic carbocycles. The Morgan fingerprint density at radius 3 is 2.77 bits per heavy atom. The van der Waals surface area contributed by atoms with Gasteiger partial charge in [-0.15, -0.1) is 11.3 Å². The van der Waals surface area contributed by atoms with Gasteiger partial charge in [0.1, 0.15) is 11.5 Å². The first-order chi connectivity index (χ1) is 6.20. The molecule has 0 unspecified atom stereocenters. The lowest BCUT2D eigenvalue weighted by atomic mass is 10.2. The number of rotatable bonds is 1. The highest BCUT2D eigenvalue weighted by molar-refractivity contribution is 7.19. The van der Waals surface area contributed by atoms with Gasteiger partial charge in [0.2, 0.25) is 0 Å². The summed E-state index contributed by atoms with van der Waals surface area (Å²) in [7, 11) is 1.61. The van der Waals surface area contributed by atoms with Crippen LogP contribution in [0.1, 0.15) is 4.88 Å². The van der Waals surface area contributed by atoms with Crippen molar-refractivity contribution in [3.63, 3.8) is 0 Å². The predicted molar refractivity (Wildman–Crippen MR) is 54.8 cm³/mol. The third kappa shape index (κ3) is 1.35. The lowest BCUT2D eigenvalue weighted by molar-refractivity contribution is 0.413. The van der Waals surface area contributed by atoms with E-state index in [1.807, 2.05) is 13.0 Å². The average molecular weight is 194 g/mol. The van der Waals surface area contributed by atoms with Crippen molar-refractivity contribution in [2.45, 2.75) is 6.92 Å². The molecule has 1 aromatic heterocycles. The summed E-state index contributed by atoms with van der Waals surface area (Å²) in [5.74, 6) is 0.996. The Morgan fingerprint density at radius 2 is 2.08 bits per heavy atom. The van der Waals surface area contributed by atoms with Crippen LogP contribution in [0, 0.1) is 6.92 Å². The number of thiophene rings is 1. The van der Waals surface area contributed by atoms with Crippen LogP contribution in [0.5, 0.6) is 11.5 Å². The van der Waals surface area contributed by atoms with Gasteiger partial charge in [-0.2, -0.15) is 0 Å². The molecule has 0 amide bonds. The van der Waals surface area contributed by atoms with E-state index in [9.17, 15) is 5.11 Å². The monoisotopic (exact) mass is 194 g/mol. The van der Waals surface area contributed by atoms with E-state index < -0.39 is 0 Å². The van der Waals surface area contributed by atoms with Crippen LogP contribution in [0.15, 0.2) is 18.2 Å². The third-order valence-corrected chi connectivity index (χ3v) is 2.99. The van der Waals surface area contributed by atoms with E-state index in [0.717, 1.165) is 15.8 Å². The summed E-state index contributed by atoms with van der Waals surface area (Å²) in [5.41, 5.74) is 0. The molecule has 0 radical (unpaired) electrons. The topological polar surface area (TPSA) is 29.5 Å². The van der Waals surface area contributed by atoms with Crippen LogP contribution in [0.25, 0.3) is 10.1 Å². The molecule has 1 N–H and O–H groups in total. The molecule has 1 heterocycles. The minimum Gasteiger partial charge on any atom is -0.508 e. The molecule has 0 spiro atoms. The molecule has 0 bridgehead atoms. The van der Waals surface area contributed by atoms with Crippen LogP contribution in [-0.4, -0.2) is 12.2 Å². The molecule has 2 rings (SSSR count). The predicted octanol–water partition coefficient (Wildman–Crippen LogP) is 2.92. The maximum absolute atomic E-state index is 9.38. The van der Waals surface area contributed by atoms with Crippen LogP contribution in [-0.2, 0) is 0 Å². The maximum atomic E-state index is 9.38. The van der Waals surface area contributed by atoms with E-state index in [-0.39, 0.29) is 5.75 Å². The number of benzene rings is 1. The first kappa shape index (κ1) is 8.38. The first-order valence-corrected chi connectivity index (χ1v) is 4.79. The second-order valence-electron chi connectivity index (χ2n) is 2.92. The number of hydrogen-bond donors (Lipinski definition) is 1. The zero-order chi connectivity index (χ0) is 9.42. The van der Waals surface area contributed by atoms with Crippen molar-refractivity contribution < 1.29 is 9.84 Å². The normalized spacial score (nSPS) is 10.6. The molecule has 0 aliphatic carbocycles. The Balaban J connectivity index is 2.80. The van der Waals surface area contributed by atoms with Gasteiger partial charge in [-0.05, 0) is 19.1 Å². The Hall–Kier alpha value is -1.22. The van der Waals surface area contributed by atoms with E-state index >= 15 is 0 Å². The van der Waals surface area contributed by atoms with Crippen LogP contribution in [0.4, 0.5) is 0 Å². The molecular formula is C10H10O2S. The van der Waals surface area contributed by atoms with Gasteiger partial charge in [0.15, 0.2) is 0 Å². The average Bonchev–Trinajstić information content (AvgIpc) is 2.43. The highest BCUT2D eigenvalue weighted by Crippen LogP contribution is 2.36. The standard InChI is InChI=1S/C10H10O2S/c1-6-3-7-4-8(11)5-9(12-2)10(7)13-6/h3-5,11H,1-2H3. The minimum atomic E-state index is 0.252. The molecule has 0 fully saturated rings. The highest BCUT2D eigenvalue weighted by atomic mass is 32.1. The van der Waals surface area contributed by atoms with E-state index in [0.29, 0.717) is 0 Å². The van der Waals surface area contributed by atoms with Crippen LogP contribution >= 0.6 is 11.3 Å². The molecule has 0 saturated heterocycles. The van der Waals surface area contributed by atoms with Crippen LogP contribution in [0.2, 0.25) is 0 Å². The van der Waals surface area contributed by atoms with Crippen molar-refractivity contribution in [3.05, 3.63) is 23.1 Å². The third-order valence-electron chi connectivity index (χ3n) is 1.91. The van der Waals surface area contributed by atoms with E-state index in [1.54, 1.807) is 30.6 Å². The van der Waals surface area contributed by atoms with Gasteiger partial charge in [-0.25, -0.2) is 0 Å². The molecule has 0 aliphatic rings. The first-order valence-electron chi connectivity index (χ1n) is 3.98. The number of aromatic hydroxyl groups is 1. The lowest BCUT2D eigenvalue weighted by Crippen LogP contribution is -1.81. The summed E-state index contributed by atoms with van der Waals surface area (Å²) in [5, 5.41) is 10.4. The Morgan fingerprint density at radius 1 is 1.31 bits per heavy atom. The summed E-state index contributed by atoms with van der Waals surface area (Å²) >= 11 is 1.68. The van der Waals surface area contributed by atoms with Crippen LogP contribution in [0.3, 0.4) is 0 Å². The zero-order valence-corrected chi connectivity index (χ0v) is 8.31. The summed E-state index contributed by atoms with van der Waals surface area (Å²) in [6.07, 6.45) is 0. The number of ether oxygens (including phenoxy) is 1. The number of hydrogen-bond acceptors (Lipinski definition) is 3. The molecule has 2 aromatic rings. The molecule has 3 heteroatoms. The second kappa shape index (κ2) is 2.92. The molecule has 0 saturated carbocycles. The van der Waals surface area contributed by atoms with Crippen molar-refractivity contribution in [1.29, 1.82) is 0 Å². The number of fused-ring (bicyclic) bond motifs is 1. The molecular weight excluding hydrogens is 184 g/mol. The largest absolute Gasteiger partial charge is 0.508 e. The van der Waals surface area contributed by atoms with Crippen LogP contribution < -0.4 is 4.74 Å². The Kier molecular flexibility index (Phi) is 1.88. The SMILES string of the molecule is COc1cc(O)cc2cc(C)sc12. The van der Waals surface area contributed by atoms with Gasteiger partial charge in [-0.1, -0.05) is 0 Å². The fourth-order valence-corrected chi connectivity index (χ4v) is 2.37. The van der Waals surface area contributed by atoms with E-state index in [2.05, 4.69) is 0 Å². The van der Waals surface area contributed by atoms with Gasteiger partial charge in [0, 0.05) is 16.3 Å². The summed E-state index contributed by atoms with van der Waals surface area (Å²) in [6, 6.07) is 5.43. The maximum Gasteiger partial charge on any atom is 0.140 e. The number of phenols is 1. The molecule has 13 heavy (non-hydrogen) atoms. The summed E-state index contributed by atoms with van der Waals surface area (Å²) in [4.78, 5) is 1.22. The fraction of sp³-hybridized carbons (Fsp3) is 0.200. The van der Waals surface area contributed by atoms with E-state index in [1.165, 1.54) is 4.88 Å². The molecule has 0 aliphatic heterocycles. The zero-order valence-electron chi connectivity index (χ0n) is 7.50. The number of methoxy groups -OCH3 is 1. The lowest BCUT2D eigenvalue weighted by Gasteiger charge is -2.01. The van der Waals surface area contributed by atoms with Gasteiger partial charge < -0.3 is 9.84 Å². The smallest absolute Gasteiger partial charge is 0.140 e. The van der Waals surface area contributed by atoms with Gasteiger partial charge >= 0.3 is 0 Å². The number of aryl methyl sites for hydroxylation is 1. The number of phenolic OH excluding ortho intramolecular Hbond substituents is 1. The van der Waals surface area contributed by atoms with Crippen molar-refractivity contribution in [2.24, 2.45) is 0 Å².